The molecule has 0 heterocycles. The third-order valence-corrected chi connectivity index (χ3v) is 3.99. The average molecular weight is 318 g/mol. The Hall–Kier alpha value is -1.12. The molecule has 0 fully saturated rings. The SMILES string of the molecule is Cc1cc(C)cc(CC(N)Cc2ccccc2Br)c1. The van der Waals surface area contributed by atoms with Crippen LogP contribution in [0.25, 0.3) is 0 Å². The van der Waals surface area contributed by atoms with Gasteiger partial charge in [0.05, 0.1) is 0 Å². The summed E-state index contributed by atoms with van der Waals surface area (Å²) in [5, 5.41) is 0. The van der Waals surface area contributed by atoms with Gasteiger partial charge in [0.1, 0.15) is 0 Å². The molecular weight excluding hydrogens is 298 g/mol. The molecule has 0 bridgehead atoms. The molecule has 2 N–H and O–H groups in total. The van der Waals surface area contributed by atoms with E-state index in [1.165, 1.54) is 22.3 Å². The van der Waals surface area contributed by atoms with Gasteiger partial charge in [-0.25, -0.2) is 0 Å². The zero-order valence-electron chi connectivity index (χ0n) is 11.5. The van der Waals surface area contributed by atoms with Crippen molar-refractivity contribution >= 4 is 15.9 Å². The van der Waals surface area contributed by atoms with Crippen molar-refractivity contribution < 1.29 is 0 Å². The summed E-state index contributed by atoms with van der Waals surface area (Å²) in [6.45, 7) is 4.27. The lowest BCUT2D eigenvalue weighted by atomic mass is 9.97. The molecule has 2 heteroatoms. The smallest absolute Gasteiger partial charge is 0.0207 e. The summed E-state index contributed by atoms with van der Waals surface area (Å²) in [5.41, 5.74) is 11.5. The van der Waals surface area contributed by atoms with Crippen LogP contribution in [0.2, 0.25) is 0 Å². The standard InChI is InChI=1S/C17H20BrN/c1-12-7-13(2)9-14(8-12)10-16(19)11-15-5-3-4-6-17(15)18/h3-9,16H,10-11,19H2,1-2H3. The fourth-order valence-corrected chi connectivity index (χ4v) is 2.95. The predicted molar refractivity (Wildman–Crippen MR) is 85.4 cm³/mol. The summed E-state index contributed by atoms with van der Waals surface area (Å²) in [7, 11) is 0. The van der Waals surface area contributed by atoms with Crippen LogP contribution in [0, 0.1) is 13.8 Å². The van der Waals surface area contributed by atoms with Gasteiger partial charge in [0.2, 0.25) is 0 Å². The fraction of sp³-hybridized carbons (Fsp3) is 0.294. The molecule has 0 aliphatic carbocycles. The van der Waals surface area contributed by atoms with Crippen molar-refractivity contribution in [3.63, 3.8) is 0 Å². The number of aryl methyl sites for hydroxylation is 2. The molecule has 0 radical (unpaired) electrons. The highest BCUT2D eigenvalue weighted by Gasteiger charge is 2.08. The van der Waals surface area contributed by atoms with Gasteiger partial charge >= 0.3 is 0 Å². The summed E-state index contributed by atoms with van der Waals surface area (Å²) in [6.07, 6.45) is 1.82. The molecule has 2 rings (SSSR count). The number of rotatable bonds is 4. The molecule has 1 nitrogen and oxygen atoms in total. The van der Waals surface area contributed by atoms with Gasteiger partial charge in [0.15, 0.2) is 0 Å². The molecule has 1 atom stereocenters. The molecular formula is C17H20BrN. The van der Waals surface area contributed by atoms with E-state index >= 15 is 0 Å². The fourth-order valence-electron chi connectivity index (χ4n) is 2.51. The summed E-state index contributed by atoms with van der Waals surface area (Å²) in [5.74, 6) is 0. The van der Waals surface area contributed by atoms with Gasteiger partial charge in [-0.05, 0) is 43.9 Å². The maximum atomic E-state index is 6.29. The Labute approximate surface area is 124 Å². The summed E-state index contributed by atoms with van der Waals surface area (Å²) in [4.78, 5) is 0. The van der Waals surface area contributed by atoms with Crippen molar-refractivity contribution in [3.8, 4) is 0 Å². The number of halogens is 1. The van der Waals surface area contributed by atoms with Crippen LogP contribution in [-0.4, -0.2) is 6.04 Å². The molecule has 100 valence electrons. The molecule has 0 saturated carbocycles. The van der Waals surface area contributed by atoms with E-state index in [1.54, 1.807) is 0 Å². The largest absolute Gasteiger partial charge is 0.327 e. The van der Waals surface area contributed by atoms with Crippen molar-refractivity contribution in [2.24, 2.45) is 5.73 Å². The Kier molecular flexibility index (Phi) is 4.78. The first kappa shape index (κ1) is 14.3. The van der Waals surface area contributed by atoms with Crippen molar-refractivity contribution in [2.45, 2.75) is 32.7 Å². The zero-order valence-corrected chi connectivity index (χ0v) is 13.1. The normalized spacial score (nSPS) is 12.4. The molecule has 2 aromatic rings. The van der Waals surface area contributed by atoms with Gasteiger partial charge in [0.25, 0.3) is 0 Å². The highest BCUT2D eigenvalue weighted by molar-refractivity contribution is 9.10. The van der Waals surface area contributed by atoms with Crippen molar-refractivity contribution in [3.05, 3.63) is 69.2 Å². The van der Waals surface area contributed by atoms with Crippen molar-refractivity contribution in [1.29, 1.82) is 0 Å². The summed E-state index contributed by atoms with van der Waals surface area (Å²) in [6, 6.07) is 15.1. The number of hydrogen-bond donors (Lipinski definition) is 1. The van der Waals surface area contributed by atoms with Crippen LogP contribution in [0.15, 0.2) is 46.9 Å². The third-order valence-electron chi connectivity index (χ3n) is 3.22. The Balaban J connectivity index is 2.05. The second-order valence-corrected chi connectivity index (χ2v) is 6.11. The lowest BCUT2D eigenvalue weighted by Gasteiger charge is -2.14. The Morgan fingerprint density at radius 3 is 2.26 bits per heavy atom. The first-order valence-electron chi connectivity index (χ1n) is 6.61. The second-order valence-electron chi connectivity index (χ2n) is 5.26. The zero-order chi connectivity index (χ0) is 13.8. The lowest BCUT2D eigenvalue weighted by Crippen LogP contribution is -2.25. The van der Waals surface area contributed by atoms with Crippen LogP contribution in [0.3, 0.4) is 0 Å². The molecule has 0 spiro atoms. The topological polar surface area (TPSA) is 26.0 Å². The van der Waals surface area contributed by atoms with Crippen molar-refractivity contribution in [1.82, 2.24) is 0 Å². The van der Waals surface area contributed by atoms with E-state index in [2.05, 4.69) is 66.2 Å². The van der Waals surface area contributed by atoms with Crippen molar-refractivity contribution in [2.75, 3.05) is 0 Å². The van der Waals surface area contributed by atoms with Gasteiger partial charge in [0, 0.05) is 10.5 Å². The summed E-state index contributed by atoms with van der Waals surface area (Å²) >= 11 is 3.58. The maximum Gasteiger partial charge on any atom is 0.0207 e. The van der Waals surface area contributed by atoms with E-state index in [0.717, 1.165) is 17.3 Å². The van der Waals surface area contributed by atoms with Gasteiger partial charge < -0.3 is 5.73 Å². The van der Waals surface area contributed by atoms with Crippen LogP contribution >= 0.6 is 15.9 Å². The second kappa shape index (κ2) is 6.36. The van der Waals surface area contributed by atoms with Crippen LogP contribution in [0.1, 0.15) is 22.3 Å². The highest BCUT2D eigenvalue weighted by Crippen LogP contribution is 2.18. The van der Waals surface area contributed by atoms with Gasteiger partial charge in [-0.3, -0.25) is 0 Å². The molecule has 0 aliphatic heterocycles. The predicted octanol–water partition coefficient (Wildman–Crippen LogP) is 4.18. The quantitative estimate of drug-likeness (QED) is 0.899. The van der Waals surface area contributed by atoms with Crippen LogP contribution in [-0.2, 0) is 12.8 Å². The van der Waals surface area contributed by atoms with Gasteiger partial charge in [-0.15, -0.1) is 0 Å². The average Bonchev–Trinajstić information content (AvgIpc) is 2.30. The van der Waals surface area contributed by atoms with Gasteiger partial charge in [-0.1, -0.05) is 63.5 Å². The molecule has 2 aromatic carbocycles. The highest BCUT2D eigenvalue weighted by atomic mass is 79.9. The minimum absolute atomic E-state index is 0.153. The minimum atomic E-state index is 0.153. The van der Waals surface area contributed by atoms with E-state index < -0.39 is 0 Å². The Bertz CT molecular complexity index is 543. The van der Waals surface area contributed by atoms with E-state index in [9.17, 15) is 0 Å². The Morgan fingerprint density at radius 2 is 1.63 bits per heavy atom. The van der Waals surface area contributed by atoms with E-state index in [1.807, 2.05) is 6.07 Å². The monoisotopic (exact) mass is 317 g/mol. The first-order valence-corrected chi connectivity index (χ1v) is 7.40. The molecule has 1 unspecified atom stereocenters. The van der Waals surface area contributed by atoms with Crippen LogP contribution < -0.4 is 5.73 Å². The molecule has 0 amide bonds. The Morgan fingerprint density at radius 1 is 1.00 bits per heavy atom. The molecule has 0 saturated heterocycles. The minimum Gasteiger partial charge on any atom is -0.327 e. The number of benzene rings is 2. The number of hydrogen-bond acceptors (Lipinski definition) is 1. The van der Waals surface area contributed by atoms with Crippen LogP contribution in [0.5, 0.6) is 0 Å². The summed E-state index contributed by atoms with van der Waals surface area (Å²) < 4.78 is 1.14. The lowest BCUT2D eigenvalue weighted by molar-refractivity contribution is 0.663. The van der Waals surface area contributed by atoms with E-state index in [-0.39, 0.29) is 6.04 Å². The molecule has 0 aromatic heterocycles. The maximum absolute atomic E-state index is 6.29. The third kappa shape index (κ3) is 4.19. The molecule has 19 heavy (non-hydrogen) atoms. The first-order chi connectivity index (χ1) is 9.04. The van der Waals surface area contributed by atoms with E-state index in [4.69, 9.17) is 5.73 Å². The number of nitrogens with two attached hydrogens (primary N) is 1. The van der Waals surface area contributed by atoms with Gasteiger partial charge in [-0.2, -0.15) is 0 Å². The van der Waals surface area contributed by atoms with E-state index in [0.29, 0.717) is 0 Å². The van der Waals surface area contributed by atoms with Crippen LogP contribution in [0.4, 0.5) is 0 Å². The molecule has 0 aliphatic rings.